The third-order valence-electron chi connectivity index (χ3n) is 4.13. The number of halogens is 1. The maximum Gasteiger partial charge on any atom is 0.244 e. The lowest BCUT2D eigenvalue weighted by Crippen LogP contribution is -2.48. The quantitative estimate of drug-likeness (QED) is 0.784. The largest absolute Gasteiger partial charge is 0.497 e. The maximum atomic E-state index is 13.5. The van der Waals surface area contributed by atoms with Crippen LogP contribution in [0.4, 0.5) is 10.1 Å². The number of sulfonamides is 1. The second-order valence-electron chi connectivity index (χ2n) is 6.22. The molecule has 2 unspecified atom stereocenters. The minimum Gasteiger partial charge on any atom is -0.497 e. The number of nitrogens with one attached hydrogen (secondary N) is 1. The fraction of sp³-hybridized carbons (Fsp3) is 0.316. The minimum absolute atomic E-state index is 0.0947. The van der Waals surface area contributed by atoms with Crippen molar-refractivity contribution in [2.75, 3.05) is 17.7 Å². The lowest BCUT2D eigenvalue weighted by Gasteiger charge is -2.29. The van der Waals surface area contributed by atoms with E-state index in [-0.39, 0.29) is 11.7 Å². The molecule has 0 bridgehead atoms. The van der Waals surface area contributed by atoms with Gasteiger partial charge in [0.2, 0.25) is 15.9 Å². The van der Waals surface area contributed by atoms with Gasteiger partial charge in [-0.05, 0) is 49.7 Å². The number of benzene rings is 2. The summed E-state index contributed by atoms with van der Waals surface area (Å²) in [7, 11) is -2.24. The molecule has 0 aliphatic heterocycles. The van der Waals surface area contributed by atoms with Crippen molar-refractivity contribution < 1.29 is 22.3 Å². The molecule has 0 fully saturated rings. The number of nitrogens with zero attached hydrogens (tertiary/aromatic N) is 1. The van der Waals surface area contributed by atoms with Gasteiger partial charge in [-0.15, -0.1) is 0 Å². The van der Waals surface area contributed by atoms with Crippen LogP contribution in [0, 0.1) is 5.82 Å². The Labute approximate surface area is 159 Å². The number of hydrogen-bond donors (Lipinski definition) is 1. The van der Waals surface area contributed by atoms with Crippen LogP contribution in [0.3, 0.4) is 0 Å². The molecule has 0 spiro atoms. The summed E-state index contributed by atoms with van der Waals surface area (Å²) in [4.78, 5) is 12.7. The molecule has 2 aromatic carbocycles. The third-order valence-corrected chi connectivity index (χ3v) is 5.37. The summed E-state index contributed by atoms with van der Waals surface area (Å²) in [5, 5.41) is 2.79. The molecule has 8 heteroatoms. The van der Waals surface area contributed by atoms with Crippen molar-refractivity contribution in [3.63, 3.8) is 0 Å². The fourth-order valence-corrected chi connectivity index (χ4v) is 3.90. The van der Waals surface area contributed by atoms with Gasteiger partial charge in [0.25, 0.3) is 0 Å². The van der Waals surface area contributed by atoms with Crippen LogP contribution in [-0.2, 0) is 14.8 Å². The lowest BCUT2D eigenvalue weighted by atomic mass is 10.1. The summed E-state index contributed by atoms with van der Waals surface area (Å²) in [5.41, 5.74) is 0.935. The van der Waals surface area contributed by atoms with Crippen molar-refractivity contribution in [2.45, 2.75) is 25.9 Å². The number of anilines is 1. The van der Waals surface area contributed by atoms with Crippen molar-refractivity contribution in [1.82, 2.24) is 5.32 Å². The molecule has 2 aromatic rings. The third kappa shape index (κ3) is 5.19. The number of amides is 1. The van der Waals surface area contributed by atoms with Crippen molar-refractivity contribution in [1.29, 1.82) is 0 Å². The zero-order valence-electron chi connectivity index (χ0n) is 15.6. The zero-order valence-corrected chi connectivity index (χ0v) is 16.5. The van der Waals surface area contributed by atoms with E-state index in [0.717, 1.165) is 22.2 Å². The Bertz CT molecular complexity index is 900. The smallest absolute Gasteiger partial charge is 0.244 e. The van der Waals surface area contributed by atoms with Gasteiger partial charge >= 0.3 is 0 Å². The summed E-state index contributed by atoms with van der Waals surface area (Å²) in [6.45, 7) is 3.25. The molecule has 0 saturated heterocycles. The molecule has 1 N–H and O–H groups in total. The second-order valence-corrected chi connectivity index (χ2v) is 8.08. The first-order valence-corrected chi connectivity index (χ1v) is 10.2. The molecule has 6 nitrogen and oxygen atoms in total. The van der Waals surface area contributed by atoms with Gasteiger partial charge in [-0.2, -0.15) is 0 Å². The average Bonchev–Trinajstić information content (AvgIpc) is 2.60. The number of methoxy groups -OCH3 is 1. The van der Waals surface area contributed by atoms with E-state index in [1.165, 1.54) is 25.1 Å². The van der Waals surface area contributed by atoms with E-state index in [9.17, 15) is 17.6 Å². The summed E-state index contributed by atoms with van der Waals surface area (Å²) < 4.78 is 44.0. The molecule has 2 atom stereocenters. The second kappa shape index (κ2) is 8.39. The molecule has 0 aliphatic rings. The number of carbonyl (C=O) groups is 1. The van der Waals surface area contributed by atoms with E-state index in [1.54, 1.807) is 26.2 Å². The van der Waals surface area contributed by atoms with Crippen LogP contribution in [-0.4, -0.2) is 33.7 Å². The van der Waals surface area contributed by atoms with Gasteiger partial charge in [-0.25, -0.2) is 12.8 Å². The highest BCUT2D eigenvalue weighted by molar-refractivity contribution is 7.92. The average molecular weight is 394 g/mol. The molecule has 1 amide bonds. The lowest BCUT2D eigenvalue weighted by molar-refractivity contribution is -0.122. The Balaban J connectivity index is 2.21. The van der Waals surface area contributed by atoms with Gasteiger partial charge in [0.05, 0.1) is 25.1 Å². The van der Waals surface area contributed by atoms with Gasteiger partial charge in [-0.3, -0.25) is 9.10 Å². The van der Waals surface area contributed by atoms with E-state index >= 15 is 0 Å². The molecule has 0 saturated carbocycles. The maximum absolute atomic E-state index is 13.5. The SMILES string of the molecule is COc1ccc(C(C)NC(=O)C(C)N(c2cccc(F)c2)S(C)(=O)=O)cc1. The van der Waals surface area contributed by atoms with E-state index in [4.69, 9.17) is 4.74 Å². The normalized spacial score (nSPS) is 13.5. The van der Waals surface area contributed by atoms with Gasteiger partial charge in [0.1, 0.15) is 17.6 Å². The standard InChI is InChI=1S/C19H23FN2O4S/c1-13(15-8-10-18(26-3)11-9-15)21-19(23)14(2)22(27(4,24)25)17-7-5-6-16(20)12-17/h5-14H,1-4H3,(H,21,23). The van der Waals surface area contributed by atoms with Gasteiger partial charge in [0, 0.05) is 0 Å². The number of hydrogen-bond acceptors (Lipinski definition) is 4. The Morgan fingerprint density at radius 2 is 1.78 bits per heavy atom. The summed E-state index contributed by atoms with van der Waals surface area (Å²) in [5.74, 6) is -0.381. The number of carbonyl (C=O) groups excluding carboxylic acids is 1. The molecule has 0 aliphatic carbocycles. The Hall–Kier alpha value is -2.61. The summed E-state index contributed by atoms with van der Waals surface area (Å²) in [6.07, 6.45) is 0.981. The molecule has 0 aromatic heterocycles. The van der Waals surface area contributed by atoms with Crippen molar-refractivity contribution in [3.8, 4) is 5.75 Å². The number of rotatable bonds is 7. The van der Waals surface area contributed by atoms with Crippen molar-refractivity contribution in [3.05, 3.63) is 59.9 Å². The summed E-state index contributed by atoms with van der Waals surface area (Å²) in [6, 6.07) is 10.9. The minimum atomic E-state index is -3.80. The van der Waals surface area contributed by atoms with E-state index in [2.05, 4.69) is 5.32 Å². The fourth-order valence-electron chi connectivity index (χ4n) is 2.73. The van der Waals surface area contributed by atoms with Gasteiger partial charge in [0.15, 0.2) is 0 Å². The van der Waals surface area contributed by atoms with E-state index in [0.29, 0.717) is 5.75 Å². The van der Waals surface area contributed by atoms with Crippen molar-refractivity contribution >= 4 is 21.6 Å². The molecular weight excluding hydrogens is 371 g/mol. The predicted molar refractivity (Wildman–Crippen MR) is 103 cm³/mol. The van der Waals surface area contributed by atoms with Crippen molar-refractivity contribution in [2.24, 2.45) is 0 Å². The Morgan fingerprint density at radius 1 is 1.15 bits per heavy atom. The summed E-state index contributed by atoms with van der Waals surface area (Å²) >= 11 is 0. The van der Waals surface area contributed by atoms with Crippen LogP contribution < -0.4 is 14.4 Å². The zero-order chi connectivity index (χ0) is 20.2. The first-order chi connectivity index (χ1) is 12.6. The first-order valence-electron chi connectivity index (χ1n) is 8.32. The highest BCUT2D eigenvalue weighted by Crippen LogP contribution is 2.23. The van der Waals surface area contributed by atoms with E-state index < -0.39 is 27.8 Å². The van der Waals surface area contributed by atoms with Crippen LogP contribution in [0.2, 0.25) is 0 Å². The molecule has 27 heavy (non-hydrogen) atoms. The van der Waals surface area contributed by atoms with Crippen LogP contribution in [0.15, 0.2) is 48.5 Å². The number of ether oxygens (including phenoxy) is 1. The van der Waals surface area contributed by atoms with Crippen LogP contribution >= 0.6 is 0 Å². The molecule has 0 radical (unpaired) electrons. The highest BCUT2D eigenvalue weighted by Gasteiger charge is 2.30. The Kier molecular flexibility index (Phi) is 6.43. The van der Waals surface area contributed by atoms with E-state index in [1.807, 2.05) is 12.1 Å². The Morgan fingerprint density at radius 3 is 2.30 bits per heavy atom. The molecule has 0 heterocycles. The first kappa shape index (κ1) is 20.7. The van der Waals surface area contributed by atoms with Crippen LogP contribution in [0.25, 0.3) is 0 Å². The monoisotopic (exact) mass is 394 g/mol. The molecular formula is C19H23FN2O4S. The van der Waals surface area contributed by atoms with Gasteiger partial charge < -0.3 is 10.1 Å². The molecule has 146 valence electrons. The van der Waals surface area contributed by atoms with Gasteiger partial charge in [-0.1, -0.05) is 18.2 Å². The van der Waals surface area contributed by atoms with Crippen LogP contribution in [0.5, 0.6) is 5.75 Å². The van der Waals surface area contributed by atoms with Crippen LogP contribution in [0.1, 0.15) is 25.5 Å². The predicted octanol–water partition coefficient (Wildman–Crippen LogP) is 2.87. The highest BCUT2D eigenvalue weighted by atomic mass is 32.2. The molecule has 2 rings (SSSR count). The topological polar surface area (TPSA) is 75.7 Å².